The number of aromatic nitrogens is 4. The van der Waals surface area contributed by atoms with E-state index in [9.17, 15) is 9.59 Å². The first-order chi connectivity index (χ1) is 18.8. The van der Waals surface area contributed by atoms with Crippen molar-refractivity contribution in [3.05, 3.63) is 112 Å². The van der Waals surface area contributed by atoms with Crippen molar-refractivity contribution in [2.75, 3.05) is 0 Å². The van der Waals surface area contributed by atoms with Gasteiger partial charge in [0.25, 0.3) is 11.8 Å². The quantitative estimate of drug-likeness (QED) is 0.333. The summed E-state index contributed by atoms with van der Waals surface area (Å²) < 4.78 is 3.93. The van der Waals surface area contributed by atoms with Crippen LogP contribution < -0.4 is 11.1 Å². The molecule has 6 rings (SSSR count). The molecule has 2 aromatic heterocycles. The summed E-state index contributed by atoms with van der Waals surface area (Å²) in [6.07, 6.45) is 2.77. The van der Waals surface area contributed by atoms with E-state index in [0.29, 0.717) is 41.4 Å². The van der Waals surface area contributed by atoms with Crippen molar-refractivity contribution in [1.82, 2.24) is 24.6 Å². The van der Waals surface area contributed by atoms with Crippen LogP contribution in [0.4, 0.5) is 0 Å². The molecule has 0 radical (unpaired) electrons. The second-order valence-electron chi connectivity index (χ2n) is 10.1. The topological polar surface area (TPSA) is 108 Å². The number of nitrogens with one attached hydrogen (secondary N) is 1. The number of rotatable bonds is 5. The molecule has 3 aromatic carbocycles. The number of hydrogen-bond donors (Lipinski definition) is 2. The second kappa shape index (κ2) is 9.39. The van der Waals surface area contributed by atoms with E-state index in [0.717, 1.165) is 33.4 Å². The number of halogens is 1. The molecule has 0 saturated carbocycles. The molecule has 39 heavy (non-hydrogen) atoms. The van der Waals surface area contributed by atoms with Crippen LogP contribution in [0.3, 0.4) is 0 Å². The number of nitrogens with two attached hydrogens (primary N) is 1. The average molecular weight is 539 g/mol. The fourth-order valence-electron chi connectivity index (χ4n) is 5.75. The Morgan fingerprint density at radius 1 is 1.05 bits per heavy atom. The van der Waals surface area contributed by atoms with Gasteiger partial charge in [-0.3, -0.25) is 14.2 Å². The van der Waals surface area contributed by atoms with Gasteiger partial charge in [0, 0.05) is 22.3 Å². The van der Waals surface area contributed by atoms with Crippen LogP contribution in [-0.4, -0.2) is 31.1 Å². The minimum Gasteiger partial charge on any atom is -0.366 e. The van der Waals surface area contributed by atoms with E-state index >= 15 is 0 Å². The number of fused-ring (bicyclic) bond motifs is 3. The summed E-state index contributed by atoms with van der Waals surface area (Å²) in [5.74, 6) is 0.00124. The van der Waals surface area contributed by atoms with Crippen molar-refractivity contribution >= 4 is 34.3 Å². The molecule has 1 aliphatic rings. The van der Waals surface area contributed by atoms with Crippen LogP contribution in [0, 0.1) is 13.8 Å². The first kappa shape index (κ1) is 24.9. The Balaban J connectivity index is 1.42. The lowest BCUT2D eigenvalue weighted by Gasteiger charge is -2.40. The van der Waals surface area contributed by atoms with E-state index in [1.165, 1.54) is 0 Å². The van der Waals surface area contributed by atoms with E-state index in [-0.39, 0.29) is 5.91 Å². The Bertz CT molecular complexity index is 1760. The highest BCUT2D eigenvalue weighted by molar-refractivity contribution is 6.34. The molecule has 1 atom stereocenters. The second-order valence-corrected chi connectivity index (χ2v) is 10.5. The van der Waals surface area contributed by atoms with Gasteiger partial charge in [0.2, 0.25) is 0 Å². The van der Waals surface area contributed by atoms with Crippen molar-refractivity contribution in [3.63, 3.8) is 0 Å². The predicted octanol–water partition coefficient (Wildman–Crippen LogP) is 4.86. The zero-order valence-corrected chi connectivity index (χ0v) is 22.4. The SMILES string of the molecule is Cc1ccc2c(c1)c(C(N)=O)c1n2C[C@@](NC(=O)c2ccc(-n3cnnc3C)cc2Cl)(c2ccccc2)CC1. The Morgan fingerprint density at radius 2 is 1.85 bits per heavy atom. The van der Waals surface area contributed by atoms with E-state index in [1.54, 1.807) is 23.0 Å². The van der Waals surface area contributed by atoms with Gasteiger partial charge in [0.1, 0.15) is 12.2 Å². The van der Waals surface area contributed by atoms with Gasteiger partial charge in [-0.2, -0.15) is 0 Å². The fraction of sp³-hybridized carbons (Fsp3) is 0.200. The molecular formula is C30H27ClN6O2. The largest absolute Gasteiger partial charge is 0.366 e. The molecule has 5 aromatic rings. The number of carbonyl (C=O) groups excluding carboxylic acids is 2. The molecule has 0 bridgehead atoms. The molecule has 9 heteroatoms. The minimum atomic E-state index is -0.732. The van der Waals surface area contributed by atoms with Gasteiger partial charge in [-0.15, -0.1) is 10.2 Å². The van der Waals surface area contributed by atoms with E-state index in [2.05, 4.69) is 20.1 Å². The molecule has 196 valence electrons. The first-order valence-electron chi connectivity index (χ1n) is 12.7. The average Bonchev–Trinajstić information content (AvgIpc) is 3.49. The third-order valence-corrected chi connectivity index (χ3v) is 7.98. The Kier molecular flexibility index (Phi) is 5.99. The number of carbonyl (C=O) groups is 2. The van der Waals surface area contributed by atoms with Crippen LogP contribution in [0.2, 0.25) is 5.02 Å². The molecule has 2 amide bonds. The standard InChI is InChI=1S/C30H27ClN6O2/c1-18-8-11-25-23(14-18)27(28(32)38)26-12-13-30(16-36(25)26,20-6-4-3-5-7-20)34-29(39)22-10-9-21(15-24(22)31)37-17-33-35-19(37)2/h3-11,14-15,17H,12-13,16H2,1-2H3,(H2,32,38)(H,34,39)/t30-/m1/s1. The summed E-state index contributed by atoms with van der Waals surface area (Å²) in [5.41, 5.74) is 10.7. The van der Waals surface area contributed by atoms with E-state index < -0.39 is 11.4 Å². The fourth-order valence-corrected chi connectivity index (χ4v) is 6.01. The third kappa shape index (κ3) is 4.17. The normalized spacial score (nSPS) is 16.7. The zero-order valence-electron chi connectivity index (χ0n) is 21.6. The highest BCUT2D eigenvalue weighted by Gasteiger charge is 2.40. The monoisotopic (exact) mass is 538 g/mol. The van der Waals surface area contributed by atoms with Gasteiger partial charge in [-0.05, 0) is 62.6 Å². The highest BCUT2D eigenvalue weighted by atomic mass is 35.5. The maximum Gasteiger partial charge on any atom is 0.253 e. The number of aryl methyl sites for hydroxylation is 2. The first-order valence-corrected chi connectivity index (χ1v) is 13.1. The number of hydrogen-bond acceptors (Lipinski definition) is 4. The summed E-state index contributed by atoms with van der Waals surface area (Å²) in [6.45, 7) is 4.29. The van der Waals surface area contributed by atoms with Crippen molar-refractivity contribution in [2.24, 2.45) is 5.73 Å². The molecule has 0 fully saturated rings. The Morgan fingerprint density at radius 3 is 2.54 bits per heavy atom. The molecule has 8 nitrogen and oxygen atoms in total. The summed E-state index contributed by atoms with van der Waals surface area (Å²) in [5, 5.41) is 12.4. The Hall–Kier alpha value is -4.43. The summed E-state index contributed by atoms with van der Waals surface area (Å²) in [4.78, 5) is 26.3. The number of benzene rings is 3. The summed E-state index contributed by atoms with van der Waals surface area (Å²) in [7, 11) is 0. The maximum absolute atomic E-state index is 13.8. The van der Waals surface area contributed by atoms with Gasteiger partial charge in [0.15, 0.2) is 0 Å². The van der Waals surface area contributed by atoms with Crippen molar-refractivity contribution in [3.8, 4) is 5.69 Å². The molecule has 3 heterocycles. The molecular weight excluding hydrogens is 512 g/mol. The highest BCUT2D eigenvalue weighted by Crippen LogP contribution is 2.39. The van der Waals surface area contributed by atoms with Crippen molar-refractivity contribution in [1.29, 1.82) is 0 Å². The maximum atomic E-state index is 13.8. The van der Waals surface area contributed by atoms with Gasteiger partial charge in [-0.1, -0.05) is 53.6 Å². The minimum absolute atomic E-state index is 0.276. The van der Waals surface area contributed by atoms with Crippen molar-refractivity contribution in [2.45, 2.75) is 38.8 Å². The zero-order chi connectivity index (χ0) is 27.3. The smallest absolute Gasteiger partial charge is 0.253 e. The summed E-state index contributed by atoms with van der Waals surface area (Å²) >= 11 is 6.64. The number of primary amides is 1. The van der Waals surface area contributed by atoms with E-state index in [1.807, 2.05) is 68.4 Å². The lowest BCUT2D eigenvalue weighted by atomic mass is 9.81. The van der Waals surface area contributed by atoms with Crippen LogP contribution in [0.5, 0.6) is 0 Å². The van der Waals surface area contributed by atoms with Crippen LogP contribution in [0.1, 0.15) is 49.8 Å². The number of amides is 2. The third-order valence-electron chi connectivity index (χ3n) is 7.66. The Labute approximate surface area is 230 Å². The molecule has 0 saturated heterocycles. The lowest BCUT2D eigenvalue weighted by Crippen LogP contribution is -2.51. The lowest BCUT2D eigenvalue weighted by molar-refractivity contribution is 0.0865. The molecule has 0 unspecified atom stereocenters. The van der Waals surface area contributed by atoms with Gasteiger partial charge < -0.3 is 15.6 Å². The summed E-state index contributed by atoms with van der Waals surface area (Å²) in [6, 6.07) is 21.3. The van der Waals surface area contributed by atoms with Crippen LogP contribution >= 0.6 is 11.6 Å². The molecule has 0 spiro atoms. The molecule has 1 aliphatic heterocycles. The van der Waals surface area contributed by atoms with Crippen LogP contribution in [-0.2, 0) is 18.5 Å². The number of nitrogens with zero attached hydrogens (tertiary/aromatic N) is 4. The van der Waals surface area contributed by atoms with Crippen molar-refractivity contribution < 1.29 is 9.59 Å². The predicted molar refractivity (Wildman–Crippen MR) is 150 cm³/mol. The van der Waals surface area contributed by atoms with Gasteiger partial charge in [0.05, 0.1) is 28.2 Å². The van der Waals surface area contributed by atoms with E-state index in [4.69, 9.17) is 17.3 Å². The molecule has 3 N–H and O–H groups in total. The van der Waals surface area contributed by atoms with Gasteiger partial charge >= 0.3 is 0 Å². The van der Waals surface area contributed by atoms with Crippen LogP contribution in [0.25, 0.3) is 16.6 Å². The van der Waals surface area contributed by atoms with Crippen LogP contribution in [0.15, 0.2) is 73.1 Å². The van der Waals surface area contributed by atoms with Gasteiger partial charge in [-0.25, -0.2) is 0 Å². The molecule has 0 aliphatic carbocycles.